The molecule has 0 aliphatic carbocycles. The lowest BCUT2D eigenvalue weighted by Gasteiger charge is -2.25. The molecule has 2 aliphatic rings. The lowest BCUT2D eigenvalue weighted by atomic mass is 10.1. The van der Waals surface area contributed by atoms with Gasteiger partial charge in [0.1, 0.15) is 5.75 Å². The molecular weight excluding hydrogens is 378 g/mol. The highest BCUT2D eigenvalue weighted by Crippen LogP contribution is 2.27. The van der Waals surface area contributed by atoms with E-state index in [1.165, 1.54) is 0 Å². The zero-order valence-electron chi connectivity index (χ0n) is 17.7. The summed E-state index contributed by atoms with van der Waals surface area (Å²) in [5, 5.41) is 0. The normalized spacial score (nSPS) is 19.7. The monoisotopic (exact) mass is 407 g/mol. The van der Waals surface area contributed by atoms with Gasteiger partial charge in [-0.3, -0.25) is 9.59 Å². The molecule has 30 heavy (non-hydrogen) atoms. The molecule has 6 nitrogen and oxygen atoms in total. The molecule has 1 atom stereocenters. The molecule has 1 unspecified atom stereocenters. The summed E-state index contributed by atoms with van der Waals surface area (Å²) in [6, 6.07) is 16.0. The number of carbonyl (C=O) groups excluding carboxylic acids is 2. The number of carbonyl (C=O) groups is 2. The van der Waals surface area contributed by atoms with E-state index in [9.17, 15) is 9.59 Å². The predicted molar refractivity (Wildman–Crippen MR) is 118 cm³/mol. The smallest absolute Gasteiger partial charge is 0.228 e. The number of anilines is 2. The summed E-state index contributed by atoms with van der Waals surface area (Å²) in [4.78, 5) is 31.7. The first-order valence-corrected chi connectivity index (χ1v) is 10.6. The highest BCUT2D eigenvalue weighted by molar-refractivity contribution is 6.00. The quantitative estimate of drug-likeness (QED) is 0.782. The summed E-state index contributed by atoms with van der Waals surface area (Å²) in [7, 11) is 1.66. The number of methoxy groups -OCH3 is 1. The van der Waals surface area contributed by atoms with E-state index in [2.05, 4.69) is 17.0 Å². The van der Waals surface area contributed by atoms with E-state index < -0.39 is 0 Å². The number of aryl methyl sites for hydroxylation is 1. The van der Waals surface area contributed by atoms with Gasteiger partial charge in [-0.05, 0) is 49.7 Å². The molecule has 0 N–H and O–H groups in total. The largest absolute Gasteiger partial charge is 0.497 e. The third kappa shape index (κ3) is 4.27. The number of nitrogens with zero attached hydrogens (tertiary/aromatic N) is 3. The molecule has 0 spiro atoms. The second kappa shape index (κ2) is 8.78. The van der Waals surface area contributed by atoms with Crippen LogP contribution in [0.5, 0.6) is 5.75 Å². The van der Waals surface area contributed by atoms with Crippen molar-refractivity contribution in [3.63, 3.8) is 0 Å². The average Bonchev–Trinajstić information content (AvgIpc) is 2.99. The Morgan fingerprint density at radius 3 is 2.33 bits per heavy atom. The molecule has 2 heterocycles. The summed E-state index contributed by atoms with van der Waals surface area (Å²) in [5.74, 6) is 0.724. The minimum Gasteiger partial charge on any atom is -0.497 e. The van der Waals surface area contributed by atoms with Crippen LogP contribution in [0.3, 0.4) is 0 Å². The molecule has 2 aromatic rings. The van der Waals surface area contributed by atoms with Gasteiger partial charge in [-0.25, -0.2) is 0 Å². The maximum Gasteiger partial charge on any atom is 0.228 e. The van der Waals surface area contributed by atoms with E-state index >= 15 is 0 Å². The van der Waals surface area contributed by atoms with Gasteiger partial charge in [0, 0.05) is 50.5 Å². The molecule has 0 saturated carbocycles. The molecule has 4 rings (SSSR count). The van der Waals surface area contributed by atoms with Crippen LogP contribution in [-0.4, -0.2) is 56.5 Å². The lowest BCUT2D eigenvalue weighted by Crippen LogP contribution is -2.40. The summed E-state index contributed by atoms with van der Waals surface area (Å²) in [6.07, 6.45) is 1.21. The van der Waals surface area contributed by atoms with Crippen molar-refractivity contribution >= 4 is 23.2 Å². The minimum atomic E-state index is -0.258. The van der Waals surface area contributed by atoms with Gasteiger partial charge in [-0.2, -0.15) is 0 Å². The summed E-state index contributed by atoms with van der Waals surface area (Å²) >= 11 is 0. The number of rotatable bonds is 4. The number of benzene rings is 2. The van der Waals surface area contributed by atoms with Gasteiger partial charge in [0.15, 0.2) is 0 Å². The number of hydrogen-bond acceptors (Lipinski definition) is 4. The van der Waals surface area contributed by atoms with Crippen molar-refractivity contribution in [3.8, 4) is 5.75 Å². The van der Waals surface area contributed by atoms with E-state index in [-0.39, 0.29) is 17.7 Å². The van der Waals surface area contributed by atoms with Gasteiger partial charge in [0.05, 0.1) is 13.0 Å². The van der Waals surface area contributed by atoms with Gasteiger partial charge >= 0.3 is 0 Å². The zero-order chi connectivity index (χ0) is 21.1. The van der Waals surface area contributed by atoms with Gasteiger partial charge in [0.2, 0.25) is 11.8 Å². The van der Waals surface area contributed by atoms with Gasteiger partial charge in [-0.1, -0.05) is 17.7 Å². The standard InChI is InChI=1S/C24H29N3O3/c1-18-4-6-21(7-5-18)27-17-19(16-23(27)28)24(29)26-13-3-12-25(14-15-26)20-8-10-22(30-2)11-9-20/h4-11,19H,3,12-17H2,1-2H3. The van der Waals surface area contributed by atoms with Crippen LogP contribution in [0.25, 0.3) is 0 Å². The number of amides is 2. The molecule has 2 fully saturated rings. The molecule has 0 bridgehead atoms. The Labute approximate surface area is 178 Å². The van der Waals surface area contributed by atoms with Gasteiger partial charge < -0.3 is 19.4 Å². The van der Waals surface area contributed by atoms with Crippen molar-refractivity contribution in [3.05, 3.63) is 54.1 Å². The number of ether oxygens (including phenoxy) is 1. The summed E-state index contributed by atoms with van der Waals surface area (Å²) in [5.41, 5.74) is 3.18. The first-order valence-electron chi connectivity index (χ1n) is 10.6. The van der Waals surface area contributed by atoms with E-state index in [1.807, 2.05) is 48.2 Å². The second-order valence-electron chi connectivity index (χ2n) is 8.10. The Kier molecular flexibility index (Phi) is 5.93. The number of hydrogen-bond donors (Lipinski definition) is 0. The molecule has 6 heteroatoms. The van der Waals surface area contributed by atoms with Crippen molar-refractivity contribution in [2.45, 2.75) is 19.8 Å². The highest BCUT2D eigenvalue weighted by Gasteiger charge is 2.37. The van der Waals surface area contributed by atoms with Crippen molar-refractivity contribution in [2.75, 3.05) is 49.6 Å². The molecule has 2 saturated heterocycles. The maximum atomic E-state index is 13.2. The Bertz CT molecular complexity index is 895. The van der Waals surface area contributed by atoms with Gasteiger partial charge in [0.25, 0.3) is 0 Å². The second-order valence-corrected chi connectivity index (χ2v) is 8.10. The van der Waals surface area contributed by atoms with E-state index in [0.29, 0.717) is 19.5 Å². The molecule has 2 amide bonds. The Balaban J connectivity index is 1.38. The third-order valence-electron chi connectivity index (χ3n) is 6.07. The first-order chi connectivity index (χ1) is 14.5. The van der Waals surface area contributed by atoms with Crippen LogP contribution >= 0.6 is 0 Å². The first kappa shape index (κ1) is 20.3. The summed E-state index contributed by atoms with van der Waals surface area (Å²) in [6.45, 7) is 5.62. The van der Waals surface area contributed by atoms with Crippen LogP contribution in [0.4, 0.5) is 11.4 Å². The highest BCUT2D eigenvalue weighted by atomic mass is 16.5. The van der Waals surface area contributed by atoms with Crippen molar-refractivity contribution in [1.82, 2.24) is 4.90 Å². The van der Waals surface area contributed by atoms with E-state index in [1.54, 1.807) is 12.0 Å². The molecular formula is C24H29N3O3. The fourth-order valence-corrected chi connectivity index (χ4v) is 4.29. The maximum absolute atomic E-state index is 13.2. The Hall–Kier alpha value is -3.02. The van der Waals surface area contributed by atoms with Crippen LogP contribution in [0.1, 0.15) is 18.4 Å². The molecule has 0 radical (unpaired) electrons. The zero-order valence-corrected chi connectivity index (χ0v) is 17.7. The van der Waals surface area contributed by atoms with E-state index in [4.69, 9.17) is 4.74 Å². The Morgan fingerprint density at radius 2 is 1.63 bits per heavy atom. The van der Waals surface area contributed by atoms with Crippen molar-refractivity contribution < 1.29 is 14.3 Å². The average molecular weight is 408 g/mol. The minimum absolute atomic E-state index is 0.0342. The molecule has 2 aromatic carbocycles. The molecule has 2 aliphatic heterocycles. The predicted octanol–water partition coefficient (Wildman–Crippen LogP) is 3.10. The van der Waals surface area contributed by atoms with Crippen molar-refractivity contribution in [2.24, 2.45) is 5.92 Å². The molecule has 158 valence electrons. The fourth-order valence-electron chi connectivity index (χ4n) is 4.29. The van der Waals surface area contributed by atoms with Crippen LogP contribution < -0.4 is 14.5 Å². The Morgan fingerprint density at radius 1 is 0.933 bits per heavy atom. The molecule has 0 aromatic heterocycles. The third-order valence-corrected chi connectivity index (χ3v) is 6.07. The van der Waals surface area contributed by atoms with Crippen LogP contribution in [0.15, 0.2) is 48.5 Å². The van der Waals surface area contributed by atoms with Crippen molar-refractivity contribution in [1.29, 1.82) is 0 Å². The van der Waals surface area contributed by atoms with Crippen LogP contribution in [0.2, 0.25) is 0 Å². The summed E-state index contributed by atoms with van der Waals surface area (Å²) < 4.78 is 5.24. The van der Waals surface area contributed by atoms with E-state index in [0.717, 1.165) is 48.7 Å². The lowest BCUT2D eigenvalue weighted by molar-refractivity contribution is -0.135. The topological polar surface area (TPSA) is 53.1 Å². The fraction of sp³-hybridized carbons (Fsp3) is 0.417. The van der Waals surface area contributed by atoms with Crippen LogP contribution in [-0.2, 0) is 9.59 Å². The van der Waals surface area contributed by atoms with Crippen LogP contribution in [0, 0.1) is 12.8 Å². The SMILES string of the molecule is COc1ccc(N2CCCN(C(=O)C3CC(=O)N(c4ccc(C)cc4)C3)CC2)cc1. The van der Waals surface area contributed by atoms with Gasteiger partial charge in [-0.15, -0.1) is 0 Å².